The third-order valence-electron chi connectivity index (χ3n) is 3.70. The highest BCUT2D eigenvalue weighted by Gasteiger charge is 2.33. The summed E-state index contributed by atoms with van der Waals surface area (Å²) >= 11 is 12.0. The van der Waals surface area contributed by atoms with Crippen LogP contribution in [0.3, 0.4) is 0 Å². The lowest BCUT2D eigenvalue weighted by atomic mass is 10.3. The van der Waals surface area contributed by atoms with E-state index in [2.05, 4.69) is 0 Å². The SMILES string of the molecule is Cc1ccc(CN(C(=O)COc2cccc(Cl)c2Cl)C2CC2)o1. The zero-order chi connectivity index (χ0) is 16.4. The summed E-state index contributed by atoms with van der Waals surface area (Å²) in [5.41, 5.74) is 0. The fourth-order valence-corrected chi connectivity index (χ4v) is 2.71. The van der Waals surface area contributed by atoms with Crippen molar-refractivity contribution < 1.29 is 13.9 Å². The molecule has 23 heavy (non-hydrogen) atoms. The second kappa shape index (κ2) is 6.85. The number of amides is 1. The number of rotatable bonds is 6. The van der Waals surface area contributed by atoms with Gasteiger partial charge in [0.2, 0.25) is 0 Å². The van der Waals surface area contributed by atoms with Gasteiger partial charge in [0, 0.05) is 6.04 Å². The van der Waals surface area contributed by atoms with Crippen molar-refractivity contribution in [3.63, 3.8) is 0 Å². The molecule has 1 fully saturated rings. The highest BCUT2D eigenvalue weighted by molar-refractivity contribution is 6.42. The molecule has 1 amide bonds. The minimum atomic E-state index is -0.0856. The Morgan fingerprint density at radius 3 is 2.74 bits per heavy atom. The molecule has 1 heterocycles. The Hall–Kier alpha value is -1.65. The summed E-state index contributed by atoms with van der Waals surface area (Å²) in [7, 11) is 0. The smallest absolute Gasteiger partial charge is 0.261 e. The van der Waals surface area contributed by atoms with Gasteiger partial charge in [0.05, 0.1) is 11.6 Å². The molecule has 6 heteroatoms. The van der Waals surface area contributed by atoms with E-state index in [1.807, 2.05) is 19.1 Å². The zero-order valence-corrected chi connectivity index (χ0v) is 14.2. The van der Waals surface area contributed by atoms with E-state index < -0.39 is 0 Å². The number of carbonyl (C=O) groups is 1. The van der Waals surface area contributed by atoms with E-state index in [0.717, 1.165) is 24.4 Å². The average Bonchev–Trinajstić information content (AvgIpc) is 3.28. The van der Waals surface area contributed by atoms with Crippen molar-refractivity contribution in [1.82, 2.24) is 4.90 Å². The minimum Gasteiger partial charge on any atom is -0.482 e. The molecular formula is C17H17Cl2NO3. The first-order valence-corrected chi connectivity index (χ1v) is 8.22. The van der Waals surface area contributed by atoms with Crippen LogP contribution in [0, 0.1) is 6.92 Å². The van der Waals surface area contributed by atoms with Crippen LogP contribution in [0.5, 0.6) is 5.75 Å². The summed E-state index contributed by atoms with van der Waals surface area (Å²) in [4.78, 5) is 14.3. The second-order valence-electron chi connectivity index (χ2n) is 5.61. The van der Waals surface area contributed by atoms with E-state index in [9.17, 15) is 4.79 Å². The van der Waals surface area contributed by atoms with Crippen molar-refractivity contribution in [3.05, 3.63) is 51.9 Å². The van der Waals surface area contributed by atoms with Gasteiger partial charge in [0.1, 0.15) is 22.3 Å². The van der Waals surface area contributed by atoms with Crippen LogP contribution in [0.2, 0.25) is 10.0 Å². The maximum absolute atomic E-state index is 12.5. The molecule has 0 saturated heterocycles. The first-order valence-electron chi connectivity index (χ1n) is 7.46. The number of hydrogen-bond donors (Lipinski definition) is 0. The Morgan fingerprint density at radius 1 is 1.30 bits per heavy atom. The summed E-state index contributed by atoms with van der Waals surface area (Å²) in [6.07, 6.45) is 2.03. The molecule has 4 nitrogen and oxygen atoms in total. The summed E-state index contributed by atoms with van der Waals surface area (Å²) < 4.78 is 11.1. The van der Waals surface area contributed by atoms with Crippen LogP contribution in [-0.4, -0.2) is 23.5 Å². The Morgan fingerprint density at radius 2 is 2.09 bits per heavy atom. The fourth-order valence-electron chi connectivity index (χ4n) is 2.36. The molecule has 1 aliphatic carbocycles. The fraction of sp³-hybridized carbons (Fsp3) is 0.353. The van der Waals surface area contributed by atoms with Crippen LogP contribution in [0.25, 0.3) is 0 Å². The number of furan rings is 1. The molecule has 0 atom stereocenters. The van der Waals surface area contributed by atoms with Crippen molar-refractivity contribution in [3.8, 4) is 5.75 Å². The maximum atomic E-state index is 12.5. The summed E-state index contributed by atoms with van der Waals surface area (Å²) in [5, 5.41) is 0.725. The van der Waals surface area contributed by atoms with Gasteiger partial charge in [-0.05, 0) is 44.0 Å². The van der Waals surface area contributed by atoms with Gasteiger partial charge in [0.15, 0.2) is 6.61 Å². The van der Waals surface area contributed by atoms with E-state index in [4.69, 9.17) is 32.4 Å². The predicted octanol–water partition coefficient (Wildman–Crippen LogP) is 4.46. The molecule has 3 rings (SSSR count). The van der Waals surface area contributed by atoms with Crippen LogP contribution in [0.4, 0.5) is 0 Å². The van der Waals surface area contributed by atoms with Gasteiger partial charge in [-0.15, -0.1) is 0 Å². The van der Waals surface area contributed by atoms with Gasteiger partial charge in [-0.25, -0.2) is 0 Å². The van der Waals surface area contributed by atoms with Crippen molar-refractivity contribution in [1.29, 1.82) is 0 Å². The molecular weight excluding hydrogens is 337 g/mol. The number of hydrogen-bond acceptors (Lipinski definition) is 3. The van der Waals surface area contributed by atoms with Crippen LogP contribution in [-0.2, 0) is 11.3 Å². The standard InChI is InChI=1S/C17H17Cl2NO3/c1-11-5-8-13(23-11)9-20(12-6-7-12)16(21)10-22-15-4-2-3-14(18)17(15)19/h2-5,8,12H,6-7,9-10H2,1H3. The lowest BCUT2D eigenvalue weighted by Crippen LogP contribution is -2.36. The Kier molecular flexibility index (Phi) is 4.83. The van der Waals surface area contributed by atoms with Crippen molar-refractivity contribution in [2.45, 2.75) is 32.4 Å². The number of benzene rings is 1. The van der Waals surface area contributed by atoms with Gasteiger partial charge >= 0.3 is 0 Å². The van der Waals surface area contributed by atoms with E-state index in [1.165, 1.54) is 0 Å². The first-order chi connectivity index (χ1) is 11.0. The van der Waals surface area contributed by atoms with Crippen LogP contribution in [0.15, 0.2) is 34.7 Å². The topological polar surface area (TPSA) is 42.7 Å². The van der Waals surface area contributed by atoms with Crippen molar-refractivity contribution >= 4 is 29.1 Å². The highest BCUT2D eigenvalue weighted by Crippen LogP contribution is 2.32. The molecule has 2 aromatic rings. The van der Waals surface area contributed by atoms with Gasteiger partial charge in [0.25, 0.3) is 5.91 Å². The molecule has 1 saturated carbocycles. The number of nitrogens with zero attached hydrogens (tertiary/aromatic N) is 1. The normalized spacial score (nSPS) is 13.9. The molecule has 122 valence electrons. The number of aryl methyl sites for hydroxylation is 1. The predicted molar refractivity (Wildman–Crippen MR) is 89.0 cm³/mol. The second-order valence-corrected chi connectivity index (χ2v) is 6.39. The molecule has 0 unspecified atom stereocenters. The lowest BCUT2D eigenvalue weighted by Gasteiger charge is -2.21. The first kappa shape index (κ1) is 16.2. The van der Waals surface area contributed by atoms with E-state index in [1.54, 1.807) is 23.1 Å². The summed E-state index contributed by atoms with van der Waals surface area (Å²) in [6, 6.07) is 9.16. The number of ether oxygens (including phenoxy) is 1. The van der Waals surface area contributed by atoms with Crippen LogP contribution in [0.1, 0.15) is 24.4 Å². The minimum absolute atomic E-state index is 0.0732. The van der Waals surface area contributed by atoms with Crippen molar-refractivity contribution in [2.75, 3.05) is 6.61 Å². The average molecular weight is 354 g/mol. The maximum Gasteiger partial charge on any atom is 0.261 e. The Balaban J connectivity index is 1.64. The van der Waals surface area contributed by atoms with Gasteiger partial charge in [-0.1, -0.05) is 29.3 Å². The molecule has 0 aliphatic heterocycles. The lowest BCUT2D eigenvalue weighted by molar-refractivity contribution is -0.134. The molecule has 1 aliphatic rings. The molecule has 0 spiro atoms. The van der Waals surface area contributed by atoms with Gasteiger partial charge in [-0.3, -0.25) is 4.79 Å². The molecule has 1 aromatic carbocycles. The summed E-state index contributed by atoms with van der Waals surface area (Å²) in [5.74, 6) is 1.95. The molecule has 0 N–H and O–H groups in total. The van der Waals surface area contributed by atoms with Crippen LogP contribution >= 0.6 is 23.2 Å². The number of halogens is 2. The van der Waals surface area contributed by atoms with Gasteiger partial charge in [-0.2, -0.15) is 0 Å². The van der Waals surface area contributed by atoms with Crippen molar-refractivity contribution in [2.24, 2.45) is 0 Å². The van der Waals surface area contributed by atoms with E-state index in [0.29, 0.717) is 22.3 Å². The largest absolute Gasteiger partial charge is 0.482 e. The third kappa shape index (κ3) is 4.01. The van der Waals surface area contributed by atoms with Crippen LogP contribution < -0.4 is 4.74 Å². The quantitative estimate of drug-likeness (QED) is 0.769. The summed E-state index contributed by atoms with van der Waals surface area (Å²) in [6.45, 7) is 2.28. The Bertz CT molecular complexity index is 710. The number of carbonyl (C=O) groups excluding carboxylic acids is 1. The highest BCUT2D eigenvalue weighted by atomic mass is 35.5. The zero-order valence-electron chi connectivity index (χ0n) is 12.7. The Labute approximate surface area is 144 Å². The third-order valence-corrected chi connectivity index (χ3v) is 4.50. The van der Waals surface area contributed by atoms with Gasteiger partial charge < -0.3 is 14.1 Å². The molecule has 1 aromatic heterocycles. The van der Waals surface area contributed by atoms with E-state index >= 15 is 0 Å². The van der Waals surface area contributed by atoms with E-state index in [-0.39, 0.29) is 18.6 Å². The molecule has 0 radical (unpaired) electrons. The monoisotopic (exact) mass is 353 g/mol. The molecule has 0 bridgehead atoms.